The molecule has 4 heteroatoms. The maximum atomic E-state index is 9.29. The maximum absolute atomic E-state index is 9.29. The van der Waals surface area contributed by atoms with Gasteiger partial charge in [-0.1, -0.05) is 0 Å². The molecule has 1 aliphatic heterocycles. The predicted octanol–water partition coefficient (Wildman–Crippen LogP) is 1.08. The summed E-state index contributed by atoms with van der Waals surface area (Å²) in [5.74, 6) is 0.784. The molecule has 0 radical (unpaired) electrons. The molecule has 0 spiro atoms. The van der Waals surface area contributed by atoms with Crippen LogP contribution in [0.1, 0.15) is 18.3 Å². The Hall–Kier alpha value is -0.350. The van der Waals surface area contributed by atoms with E-state index in [2.05, 4.69) is 20.9 Å². The summed E-state index contributed by atoms with van der Waals surface area (Å²) in [6.07, 6.45) is 2.34. The van der Waals surface area contributed by atoms with Crippen molar-refractivity contribution in [1.29, 1.82) is 0 Å². The average molecular weight is 203 g/mol. The van der Waals surface area contributed by atoms with Gasteiger partial charge in [-0.05, 0) is 22.4 Å². The average Bonchev–Trinajstić information content (AvgIpc) is 2.35. The highest BCUT2D eigenvalue weighted by atomic mass is 79.9. The van der Waals surface area contributed by atoms with Crippen molar-refractivity contribution in [2.75, 3.05) is 0 Å². The van der Waals surface area contributed by atoms with Gasteiger partial charge in [0, 0.05) is 12.7 Å². The first-order valence-corrected chi connectivity index (χ1v) is 3.97. The van der Waals surface area contributed by atoms with Gasteiger partial charge in [-0.25, -0.2) is 4.98 Å². The lowest BCUT2D eigenvalue weighted by atomic mass is 10.3. The van der Waals surface area contributed by atoms with Crippen molar-refractivity contribution in [3.8, 4) is 0 Å². The highest BCUT2D eigenvalue weighted by molar-refractivity contribution is 9.10. The van der Waals surface area contributed by atoms with Crippen LogP contribution in [0.15, 0.2) is 10.8 Å². The first-order valence-electron chi connectivity index (χ1n) is 3.18. The molecule has 1 atom stereocenters. The third-order valence-electron chi connectivity index (χ3n) is 1.72. The number of aromatic nitrogens is 2. The molecule has 1 aromatic heterocycles. The zero-order valence-electron chi connectivity index (χ0n) is 5.29. The number of imidazole rings is 1. The van der Waals surface area contributed by atoms with E-state index >= 15 is 0 Å². The van der Waals surface area contributed by atoms with E-state index in [4.69, 9.17) is 0 Å². The molecule has 0 saturated heterocycles. The van der Waals surface area contributed by atoms with Crippen molar-refractivity contribution >= 4 is 15.9 Å². The Balaban J connectivity index is 2.49. The number of nitrogens with zero attached hydrogens (tertiary/aromatic N) is 2. The van der Waals surface area contributed by atoms with Crippen LogP contribution in [0.3, 0.4) is 0 Å². The van der Waals surface area contributed by atoms with Gasteiger partial charge in [0.2, 0.25) is 0 Å². The number of rotatable bonds is 0. The Bertz CT molecular complexity index is 258. The molecular formula is C6H7BrN2O. The summed E-state index contributed by atoms with van der Waals surface area (Å²) in [6.45, 7) is 0.884. The second-order valence-corrected chi connectivity index (χ2v) is 3.23. The van der Waals surface area contributed by atoms with Crippen LogP contribution in [-0.4, -0.2) is 14.7 Å². The van der Waals surface area contributed by atoms with E-state index in [1.54, 1.807) is 0 Å². The molecular weight excluding hydrogens is 196 g/mol. The van der Waals surface area contributed by atoms with Gasteiger partial charge in [-0.15, -0.1) is 0 Å². The van der Waals surface area contributed by atoms with Gasteiger partial charge >= 0.3 is 0 Å². The van der Waals surface area contributed by atoms with Crippen LogP contribution in [-0.2, 0) is 6.54 Å². The molecule has 1 aromatic rings. The standard InChI is InChI=1S/C6H7BrN2O/c7-5-3-9-2-1-4(10)6(9)8-5/h3-4,10H,1-2H2. The van der Waals surface area contributed by atoms with Crippen molar-refractivity contribution < 1.29 is 5.11 Å². The minimum Gasteiger partial charge on any atom is -0.385 e. The van der Waals surface area contributed by atoms with Crippen LogP contribution in [0, 0.1) is 0 Å². The van der Waals surface area contributed by atoms with Crippen LogP contribution in [0.25, 0.3) is 0 Å². The number of hydrogen-bond acceptors (Lipinski definition) is 2. The van der Waals surface area contributed by atoms with Crippen LogP contribution in [0.2, 0.25) is 0 Å². The minimum atomic E-state index is -0.355. The molecule has 1 aliphatic rings. The highest BCUT2D eigenvalue weighted by Gasteiger charge is 2.21. The van der Waals surface area contributed by atoms with E-state index < -0.39 is 0 Å². The quantitative estimate of drug-likeness (QED) is 0.685. The zero-order valence-corrected chi connectivity index (χ0v) is 6.87. The van der Waals surface area contributed by atoms with Crippen molar-refractivity contribution in [1.82, 2.24) is 9.55 Å². The molecule has 3 nitrogen and oxygen atoms in total. The van der Waals surface area contributed by atoms with Crippen molar-refractivity contribution in [3.63, 3.8) is 0 Å². The molecule has 0 saturated carbocycles. The zero-order chi connectivity index (χ0) is 7.14. The van der Waals surface area contributed by atoms with Gasteiger partial charge in [0.05, 0.1) is 0 Å². The fourth-order valence-corrected chi connectivity index (χ4v) is 1.66. The number of aliphatic hydroxyl groups excluding tert-OH is 1. The summed E-state index contributed by atoms with van der Waals surface area (Å²) in [7, 11) is 0. The van der Waals surface area contributed by atoms with E-state index in [0.29, 0.717) is 0 Å². The third-order valence-corrected chi connectivity index (χ3v) is 2.10. The summed E-state index contributed by atoms with van der Waals surface area (Å²) in [5, 5.41) is 9.29. The number of aliphatic hydroxyl groups is 1. The smallest absolute Gasteiger partial charge is 0.139 e. The fourth-order valence-electron chi connectivity index (χ4n) is 1.23. The summed E-state index contributed by atoms with van der Waals surface area (Å²) in [5.41, 5.74) is 0. The molecule has 2 heterocycles. The van der Waals surface area contributed by atoms with Crippen LogP contribution in [0.5, 0.6) is 0 Å². The van der Waals surface area contributed by atoms with Gasteiger partial charge in [0.1, 0.15) is 16.5 Å². The molecule has 54 valence electrons. The molecule has 0 amide bonds. The van der Waals surface area contributed by atoms with Gasteiger partial charge in [-0.2, -0.15) is 0 Å². The van der Waals surface area contributed by atoms with E-state index in [1.165, 1.54) is 0 Å². The lowest BCUT2D eigenvalue weighted by Crippen LogP contribution is -1.92. The highest BCUT2D eigenvalue weighted by Crippen LogP contribution is 2.25. The SMILES string of the molecule is OC1CCn2cc(Br)nc21. The Kier molecular flexibility index (Phi) is 1.32. The number of aryl methyl sites for hydroxylation is 1. The van der Waals surface area contributed by atoms with Crippen molar-refractivity contribution in [3.05, 3.63) is 16.6 Å². The molecule has 10 heavy (non-hydrogen) atoms. The maximum Gasteiger partial charge on any atom is 0.139 e. The Labute approximate surface area is 66.8 Å². The molecule has 2 rings (SSSR count). The minimum absolute atomic E-state index is 0.355. The monoisotopic (exact) mass is 202 g/mol. The Morgan fingerprint density at radius 3 is 3.30 bits per heavy atom. The van der Waals surface area contributed by atoms with Gasteiger partial charge < -0.3 is 9.67 Å². The molecule has 0 aromatic carbocycles. The second kappa shape index (κ2) is 2.07. The van der Waals surface area contributed by atoms with E-state index in [-0.39, 0.29) is 6.10 Å². The Morgan fingerprint density at radius 1 is 1.80 bits per heavy atom. The van der Waals surface area contributed by atoms with E-state index in [9.17, 15) is 5.11 Å². The van der Waals surface area contributed by atoms with E-state index in [1.807, 2.05) is 10.8 Å². The summed E-state index contributed by atoms with van der Waals surface area (Å²) in [6, 6.07) is 0. The van der Waals surface area contributed by atoms with Crippen LogP contribution < -0.4 is 0 Å². The molecule has 1 N–H and O–H groups in total. The van der Waals surface area contributed by atoms with Crippen LogP contribution >= 0.6 is 15.9 Å². The Morgan fingerprint density at radius 2 is 2.60 bits per heavy atom. The lowest BCUT2D eigenvalue weighted by Gasteiger charge is -1.94. The fraction of sp³-hybridized carbons (Fsp3) is 0.500. The summed E-state index contributed by atoms with van der Waals surface area (Å²) < 4.78 is 2.77. The van der Waals surface area contributed by atoms with Crippen molar-refractivity contribution in [2.45, 2.75) is 19.1 Å². The lowest BCUT2D eigenvalue weighted by molar-refractivity contribution is 0.175. The number of fused-ring (bicyclic) bond motifs is 1. The normalized spacial score (nSPS) is 23.2. The van der Waals surface area contributed by atoms with Gasteiger partial charge in [0.25, 0.3) is 0 Å². The first-order chi connectivity index (χ1) is 4.77. The van der Waals surface area contributed by atoms with Crippen LogP contribution in [0.4, 0.5) is 0 Å². The molecule has 0 aliphatic carbocycles. The van der Waals surface area contributed by atoms with Gasteiger partial charge in [0.15, 0.2) is 0 Å². The summed E-state index contributed by atoms with van der Waals surface area (Å²) >= 11 is 3.24. The second-order valence-electron chi connectivity index (χ2n) is 2.42. The third kappa shape index (κ3) is 0.793. The topological polar surface area (TPSA) is 38.0 Å². The largest absolute Gasteiger partial charge is 0.385 e. The van der Waals surface area contributed by atoms with E-state index in [0.717, 1.165) is 23.4 Å². The first kappa shape index (κ1) is 6.37. The molecule has 0 bridgehead atoms. The predicted molar refractivity (Wildman–Crippen MR) is 39.5 cm³/mol. The summed E-state index contributed by atoms with van der Waals surface area (Å²) in [4.78, 5) is 4.10. The number of halogens is 1. The number of hydrogen-bond donors (Lipinski definition) is 1. The molecule has 1 unspecified atom stereocenters. The molecule has 0 fully saturated rings. The van der Waals surface area contributed by atoms with Gasteiger partial charge in [-0.3, -0.25) is 0 Å². The van der Waals surface area contributed by atoms with Crippen molar-refractivity contribution in [2.24, 2.45) is 0 Å².